The van der Waals surface area contributed by atoms with E-state index in [1.54, 1.807) is 0 Å². The fraction of sp³-hybridized carbons (Fsp3) is 0.400. The van der Waals surface area contributed by atoms with Gasteiger partial charge in [-0.15, -0.1) is 0 Å². The van der Waals surface area contributed by atoms with E-state index in [4.69, 9.17) is 4.74 Å². The second-order valence-corrected chi connectivity index (χ2v) is 9.99. The molecule has 0 aromatic heterocycles. The lowest BCUT2D eigenvalue weighted by atomic mass is 9.89. The molecule has 3 aliphatic carbocycles. The van der Waals surface area contributed by atoms with Gasteiger partial charge in [0, 0.05) is 12.5 Å². The summed E-state index contributed by atoms with van der Waals surface area (Å²) in [5.74, 6) is 2.32. The molecule has 0 radical (unpaired) electrons. The number of fused-ring (bicyclic) bond motifs is 2. The second-order valence-electron chi connectivity index (χ2n) is 9.99. The minimum absolute atomic E-state index is 0.517. The van der Waals surface area contributed by atoms with Gasteiger partial charge in [0.15, 0.2) is 0 Å². The van der Waals surface area contributed by atoms with E-state index < -0.39 is 0 Å². The smallest absolute Gasteiger partial charge is 0.0532 e. The van der Waals surface area contributed by atoms with E-state index in [1.807, 2.05) is 0 Å². The first-order chi connectivity index (χ1) is 15.3. The Morgan fingerprint density at radius 2 is 1.68 bits per heavy atom. The number of benzene rings is 3. The fourth-order valence-corrected chi connectivity index (χ4v) is 5.08. The van der Waals surface area contributed by atoms with Gasteiger partial charge in [0.25, 0.3) is 0 Å². The predicted molar refractivity (Wildman–Crippen MR) is 130 cm³/mol. The molecule has 0 spiro atoms. The number of aryl methyl sites for hydroxylation is 1. The van der Waals surface area contributed by atoms with Crippen LogP contribution in [0, 0.1) is 17.8 Å². The Bertz CT molecular complexity index is 1210. The molecule has 0 aliphatic heterocycles. The van der Waals surface area contributed by atoms with Gasteiger partial charge in [-0.25, -0.2) is 0 Å². The molecule has 0 amide bonds. The molecule has 6 rings (SSSR count). The Labute approximate surface area is 185 Å². The number of ether oxygens (including phenoxy) is 1. The molecule has 0 heterocycles. The molecular formula is C30H32O. The van der Waals surface area contributed by atoms with Gasteiger partial charge < -0.3 is 4.74 Å². The van der Waals surface area contributed by atoms with Crippen molar-refractivity contribution in [2.24, 2.45) is 17.8 Å². The summed E-state index contributed by atoms with van der Waals surface area (Å²) >= 11 is 0. The molecule has 0 saturated heterocycles. The van der Waals surface area contributed by atoms with E-state index in [0.29, 0.717) is 5.92 Å². The van der Waals surface area contributed by atoms with E-state index in [2.05, 4.69) is 66.7 Å². The average molecular weight is 409 g/mol. The Kier molecular flexibility index (Phi) is 5.16. The van der Waals surface area contributed by atoms with E-state index in [9.17, 15) is 0 Å². The van der Waals surface area contributed by atoms with Gasteiger partial charge in [-0.3, -0.25) is 0 Å². The molecule has 0 bridgehead atoms. The van der Waals surface area contributed by atoms with Crippen LogP contribution in [0.3, 0.4) is 0 Å². The van der Waals surface area contributed by atoms with Gasteiger partial charge in [0.2, 0.25) is 0 Å². The molecule has 31 heavy (non-hydrogen) atoms. The molecule has 1 atom stereocenters. The summed E-state index contributed by atoms with van der Waals surface area (Å²) in [7, 11) is 0. The third-order valence-electron chi connectivity index (χ3n) is 7.35. The van der Waals surface area contributed by atoms with Crippen LogP contribution in [0.15, 0.2) is 54.6 Å². The summed E-state index contributed by atoms with van der Waals surface area (Å²) in [5, 5.41) is 5.49. The number of hydrogen-bond donors (Lipinski definition) is 0. The minimum Gasteiger partial charge on any atom is -0.381 e. The zero-order chi connectivity index (χ0) is 20.6. The van der Waals surface area contributed by atoms with Crippen molar-refractivity contribution in [3.63, 3.8) is 0 Å². The maximum Gasteiger partial charge on any atom is 0.0532 e. The highest BCUT2D eigenvalue weighted by atomic mass is 16.5. The standard InChI is InChI=1S/C30H32O/c1-2-4-29-24(3-1)13-14-25(11-9-21-5-6-21)30(29)28-16-15-26-17-23(10-12-27(26)18-28)20-31-19-22-7-8-22/h1-4,12-18,21-23H,5-11,19-20H2. The van der Waals surface area contributed by atoms with E-state index >= 15 is 0 Å². The molecule has 3 aromatic carbocycles. The first kappa shape index (κ1) is 19.3. The topological polar surface area (TPSA) is 9.23 Å². The lowest BCUT2D eigenvalue weighted by molar-refractivity contribution is 0.108. The normalized spacial score (nSPS) is 20.2. The zero-order valence-electron chi connectivity index (χ0n) is 18.4. The summed E-state index contributed by atoms with van der Waals surface area (Å²) in [5.41, 5.74) is 4.33. The first-order valence-electron chi connectivity index (χ1n) is 12.2. The molecule has 1 unspecified atom stereocenters. The highest BCUT2D eigenvalue weighted by Gasteiger charge is 2.22. The number of rotatable bonds is 8. The van der Waals surface area contributed by atoms with Crippen LogP contribution in [0.25, 0.3) is 34.1 Å². The molecule has 2 saturated carbocycles. The Balaban J connectivity index is 1.33. The highest BCUT2D eigenvalue weighted by Crippen LogP contribution is 2.37. The van der Waals surface area contributed by atoms with Crippen LogP contribution in [0.5, 0.6) is 0 Å². The van der Waals surface area contributed by atoms with Crippen LogP contribution in [0.4, 0.5) is 0 Å². The van der Waals surface area contributed by atoms with E-state index in [-0.39, 0.29) is 0 Å². The Hall–Kier alpha value is -2.38. The van der Waals surface area contributed by atoms with Crippen LogP contribution < -0.4 is 10.4 Å². The zero-order valence-corrected chi connectivity index (χ0v) is 18.4. The monoisotopic (exact) mass is 408 g/mol. The molecule has 0 N–H and O–H groups in total. The molecule has 2 fully saturated rings. The van der Waals surface area contributed by atoms with Crippen molar-refractivity contribution in [2.75, 3.05) is 13.2 Å². The minimum atomic E-state index is 0.517. The summed E-state index contributed by atoms with van der Waals surface area (Å²) in [6.45, 7) is 1.82. The van der Waals surface area contributed by atoms with Gasteiger partial charge in [-0.05, 0) is 87.9 Å². The largest absolute Gasteiger partial charge is 0.381 e. The Morgan fingerprint density at radius 3 is 2.55 bits per heavy atom. The lowest BCUT2D eigenvalue weighted by Crippen LogP contribution is -2.30. The van der Waals surface area contributed by atoms with Crippen LogP contribution in [0.2, 0.25) is 0 Å². The summed E-state index contributed by atoms with van der Waals surface area (Å²) in [6, 6.07) is 20.7. The van der Waals surface area contributed by atoms with Crippen molar-refractivity contribution in [3.05, 3.63) is 70.6 Å². The van der Waals surface area contributed by atoms with Gasteiger partial charge in [0.1, 0.15) is 0 Å². The van der Waals surface area contributed by atoms with Crippen molar-refractivity contribution in [3.8, 4) is 11.1 Å². The van der Waals surface area contributed by atoms with Crippen LogP contribution in [-0.2, 0) is 11.2 Å². The molecule has 1 nitrogen and oxygen atoms in total. The molecular weight excluding hydrogens is 376 g/mol. The van der Waals surface area contributed by atoms with Crippen LogP contribution >= 0.6 is 0 Å². The second kappa shape index (κ2) is 8.28. The molecule has 3 aromatic rings. The van der Waals surface area contributed by atoms with Crippen LogP contribution in [0.1, 0.15) is 44.1 Å². The van der Waals surface area contributed by atoms with Gasteiger partial charge in [-0.2, -0.15) is 0 Å². The Morgan fingerprint density at radius 1 is 0.806 bits per heavy atom. The molecule has 1 heteroatoms. The van der Waals surface area contributed by atoms with Crippen molar-refractivity contribution < 1.29 is 4.74 Å². The van der Waals surface area contributed by atoms with Crippen molar-refractivity contribution >= 4 is 22.9 Å². The number of hydrogen-bond acceptors (Lipinski definition) is 1. The summed E-state index contributed by atoms with van der Waals surface area (Å²) in [4.78, 5) is 0. The van der Waals surface area contributed by atoms with Crippen molar-refractivity contribution in [2.45, 2.75) is 44.9 Å². The average Bonchev–Trinajstić information content (AvgIpc) is 3.72. The lowest BCUT2D eigenvalue weighted by Gasteiger charge is -2.17. The maximum atomic E-state index is 5.97. The van der Waals surface area contributed by atoms with Crippen molar-refractivity contribution in [1.82, 2.24) is 0 Å². The van der Waals surface area contributed by atoms with Gasteiger partial charge in [0.05, 0.1) is 6.61 Å². The summed E-state index contributed by atoms with van der Waals surface area (Å²) in [6.07, 6.45) is 14.1. The summed E-state index contributed by atoms with van der Waals surface area (Å²) < 4.78 is 5.97. The quantitative estimate of drug-likeness (QED) is 0.454. The first-order valence-corrected chi connectivity index (χ1v) is 12.2. The van der Waals surface area contributed by atoms with Crippen molar-refractivity contribution in [1.29, 1.82) is 0 Å². The fourth-order valence-electron chi connectivity index (χ4n) is 5.08. The molecule has 3 aliphatic rings. The third-order valence-corrected chi connectivity index (χ3v) is 7.35. The van der Waals surface area contributed by atoms with E-state index in [0.717, 1.165) is 31.5 Å². The van der Waals surface area contributed by atoms with E-state index in [1.165, 1.54) is 76.4 Å². The van der Waals surface area contributed by atoms with Crippen LogP contribution in [-0.4, -0.2) is 13.2 Å². The third kappa shape index (κ3) is 4.34. The SMILES string of the molecule is C1=c2ccc(-c3c(CCC4CC4)ccc4ccccc34)cc2=CCC1COCC1CC1. The highest BCUT2D eigenvalue weighted by molar-refractivity contribution is 5.98. The maximum absolute atomic E-state index is 5.97. The van der Waals surface area contributed by atoms with Gasteiger partial charge >= 0.3 is 0 Å². The van der Waals surface area contributed by atoms with Gasteiger partial charge in [-0.1, -0.05) is 73.5 Å². The molecule has 158 valence electrons. The predicted octanol–water partition coefficient (Wildman–Crippen LogP) is 5.86.